The van der Waals surface area contributed by atoms with Gasteiger partial charge in [0.2, 0.25) is 0 Å². The SMILES string of the molecule is Cc1ccnc(NS(=O)(=O)c2cnn(C)c2C)c1. The third kappa shape index (κ3) is 2.35. The van der Waals surface area contributed by atoms with Crippen LogP contribution in [0.4, 0.5) is 5.82 Å². The van der Waals surface area contributed by atoms with E-state index in [2.05, 4.69) is 14.8 Å². The van der Waals surface area contributed by atoms with Gasteiger partial charge in [0.25, 0.3) is 10.0 Å². The van der Waals surface area contributed by atoms with Gasteiger partial charge in [-0.25, -0.2) is 13.4 Å². The first-order chi connectivity index (χ1) is 8.40. The minimum Gasteiger partial charge on any atom is -0.272 e. The van der Waals surface area contributed by atoms with E-state index in [4.69, 9.17) is 0 Å². The minimum atomic E-state index is -3.64. The standard InChI is InChI=1S/C11H14N4O2S/c1-8-4-5-12-11(6-8)14-18(16,17)10-7-13-15(3)9(10)2/h4-7H,1-3H3,(H,12,14). The molecule has 0 aliphatic carbocycles. The zero-order chi connectivity index (χ0) is 13.3. The van der Waals surface area contributed by atoms with E-state index in [0.717, 1.165) is 5.56 Å². The summed E-state index contributed by atoms with van der Waals surface area (Å²) in [5.41, 5.74) is 1.51. The van der Waals surface area contributed by atoms with Crippen LogP contribution in [0, 0.1) is 13.8 Å². The van der Waals surface area contributed by atoms with Crippen molar-refractivity contribution in [1.82, 2.24) is 14.8 Å². The Hall–Kier alpha value is -1.89. The van der Waals surface area contributed by atoms with Gasteiger partial charge in [0, 0.05) is 13.2 Å². The molecule has 0 amide bonds. The maximum absolute atomic E-state index is 12.1. The summed E-state index contributed by atoms with van der Waals surface area (Å²) in [5.74, 6) is 0.304. The van der Waals surface area contributed by atoms with Crippen molar-refractivity contribution in [3.8, 4) is 0 Å². The zero-order valence-corrected chi connectivity index (χ0v) is 11.2. The maximum Gasteiger partial charge on any atom is 0.266 e. The fourth-order valence-corrected chi connectivity index (χ4v) is 2.73. The van der Waals surface area contributed by atoms with Crippen molar-refractivity contribution in [2.45, 2.75) is 18.7 Å². The highest BCUT2D eigenvalue weighted by Gasteiger charge is 2.20. The van der Waals surface area contributed by atoms with Gasteiger partial charge in [-0.05, 0) is 31.5 Å². The van der Waals surface area contributed by atoms with Crippen LogP contribution in [0.3, 0.4) is 0 Å². The normalized spacial score (nSPS) is 11.5. The number of anilines is 1. The molecule has 0 aliphatic heterocycles. The largest absolute Gasteiger partial charge is 0.272 e. The van der Waals surface area contributed by atoms with Crippen molar-refractivity contribution in [2.75, 3.05) is 4.72 Å². The van der Waals surface area contributed by atoms with Gasteiger partial charge < -0.3 is 0 Å². The van der Waals surface area contributed by atoms with E-state index in [-0.39, 0.29) is 4.90 Å². The molecule has 7 heteroatoms. The molecule has 0 aromatic carbocycles. The molecule has 2 rings (SSSR count). The number of hydrogen-bond acceptors (Lipinski definition) is 4. The summed E-state index contributed by atoms with van der Waals surface area (Å²) in [6.07, 6.45) is 2.89. The third-order valence-corrected chi connectivity index (χ3v) is 4.09. The topological polar surface area (TPSA) is 76.9 Å². The summed E-state index contributed by atoms with van der Waals surface area (Å²) in [6.45, 7) is 3.57. The smallest absolute Gasteiger partial charge is 0.266 e. The van der Waals surface area contributed by atoms with Crippen molar-refractivity contribution >= 4 is 15.8 Å². The van der Waals surface area contributed by atoms with Gasteiger partial charge in [-0.2, -0.15) is 5.10 Å². The maximum atomic E-state index is 12.1. The minimum absolute atomic E-state index is 0.160. The first-order valence-electron chi connectivity index (χ1n) is 5.34. The van der Waals surface area contributed by atoms with E-state index >= 15 is 0 Å². The highest BCUT2D eigenvalue weighted by atomic mass is 32.2. The Morgan fingerprint density at radius 3 is 2.61 bits per heavy atom. The Labute approximate surface area is 106 Å². The summed E-state index contributed by atoms with van der Waals surface area (Å²) in [7, 11) is -1.94. The Balaban J connectivity index is 2.36. The summed E-state index contributed by atoms with van der Waals surface area (Å²) in [6, 6.07) is 3.47. The molecule has 2 aromatic rings. The van der Waals surface area contributed by atoms with Crippen molar-refractivity contribution in [3.05, 3.63) is 35.8 Å². The lowest BCUT2D eigenvalue weighted by Crippen LogP contribution is -2.14. The van der Waals surface area contributed by atoms with E-state index in [1.807, 2.05) is 6.92 Å². The second kappa shape index (κ2) is 4.41. The number of rotatable bonds is 3. The van der Waals surface area contributed by atoms with E-state index < -0.39 is 10.0 Å². The summed E-state index contributed by atoms with van der Waals surface area (Å²) in [4.78, 5) is 4.13. The molecule has 6 nitrogen and oxygen atoms in total. The molecule has 18 heavy (non-hydrogen) atoms. The molecule has 0 fully saturated rings. The number of hydrogen-bond donors (Lipinski definition) is 1. The number of aromatic nitrogens is 3. The lowest BCUT2D eigenvalue weighted by atomic mass is 10.3. The monoisotopic (exact) mass is 266 g/mol. The van der Waals surface area contributed by atoms with Gasteiger partial charge in [-0.15, -0.1) is 0 Å². The van der Waals surface area contributed by atoms with Crippen LogP contribution in [0.15, 0.2) is 29.4 Å². The molecule has 0 saturated heterocycles. The van der Waals surface area contributed by atoms with Gasteiger partial charge in [0.05, 0.1) is 11.9 Å². The summed E-state index contributed by atoms with van der Waals surface area (Å²) in [5, 5.41) is 3.92. The van der Waals surface area contributed by atoms with Gasteiger partial charge in [0.15, 0.2) is 0 Å². The number of pyridine rings is 1. The van der Waals surface area contributed by atoms with E-state index in [0.29, 0.717) is 11.5 Å². The average Bonchev–Trinajstić information content (AvgIpc) is 2.59. The van der Waals surface area contributed by atoms with Crippen LogP contribution >= 0.6 is 0 Å². The second-order valence-corrected chi connectivity index (χ2v) is 5.69. The molecule has 0 aliphatic rings. The lowest BCUT2D eigenvalue weighted by molar-refractivity contribution is 0.600. The average molecular weight is 266 g/mol. The van der Waals surface area contributed by atoms with Crippen LogP contribution in [-0.2, 0) is 17.1 Å². The Morgan fingerprint density at radius 1 is 1.33 bits per heavy atom. The molecule has 2 aromatic heterocycles. The predicted molar refractivity (Wildman–Crippen MR) is 67.7 cm³/mol. The van der Waals surface area contributed by atoms with Crippen molar-refractivity contribution in [2.24, 2.45) is 7.05 Å². The van der Waals surface area contributed by atoms with Crippen LogP contribution in [0.1, 0.15) is 11.3 Å². The molecule has 1 N–H and O–H groups in total. The number of nitrogens with zero attached hydrogens (tertiary/aromatic N) is 3. The second-order valence-electron chi connectivity index (χ2n) is 4.04. The quantitative estimate of drug-likeness (QED) is 0.906. The Kier molecular flexibility index (Phi) is 3.08. The lowest BCUT2D eigenvalue weighted by Gasteiger charge is -2.07. The molecular weight excluding hydrogens is 252 g/mol. The van der Waals surface area contributed by atoms with Gasteiger partial charge >= 0.3 is 0 Å². The predicted octanol–water partition coefficient (Wildman–Crippen LogP) is 1.23. The van der Waals surface area contributed by atoms with Gasteiger partial charge in [-0.3, -0.25) is 9.40 Å². The molecule has 2 heterocycles. The number of nitrogens with one attached hydrogen (secondary N) is 1. The van der Waals surface area contributed by atoms with Gasteiger partial charge in [-0.1, -0.05) is 0 Å². The highest BCUT2D eigenvalue weighted by molar-refractivity contribution is 7.92. The fraction of sp³-hybridized carbons (Fsp3) is 0.273. The molecule has 0 atom stereocenters. The van der Waals surface area contributed by atoms with Gasteiger partial charge in [0.1, 0.15) is 10.7 Å². The molecule has 0 unspecified atom stereocenters. The van der Waals surface area contributed by atoms with E-state index in [1.165, 1.54) is 10.9 Å². The van der Waals surface area contributed by atoms with E-state index in [9.17, 15) is 8.42 Å². The van der Waals surface area contributed by atoms with Crippen LogP contribution in [-0.4, -0.2) is 23.2 Å². The first-order valence-corrected chi connectivity index (χ1v) is 6.82. The molecule has 96 valence electrons. The molecule has 0 bridgehead atoms. The Bertz CT molecular complexity index is 676. The third-order valence-electron chi connectivity index (χ3n) is 2.63. The molecule has 0 radical (unpaired) electrons. The Morgan fingerprint density at radius 2 is 2.06 bits per heavy atom. The zero-order valence-electron chi connectivity index (χ0n) is 10.4. The number of sulfonamides is 1. The van der Waals surface area contributed by atoms with Crippen molar-refractivity contribution < 1.29 is 8.42 Å². The summed E-state index contributed by atoms with van der Waals surface area (Å²) >= 11 is 0. The van der Waals surface area contributed by atoms with Crippen LogP contribution < -0.4 is 4.72 Å². The van der Waals surface area contributed by atoms with Crippen LogP contribution in [0.25, 0.3) is 0 Å². The first kappa shape index (κ1) is 12.6. The van der Waals surface area contributed by atoms with E-state index in [1.54, 1.807) is 32.3 Å². The molecule has 0 saturated carbocycles. The highest BCUT2D eigenvalue weighted by Crippen LogP contribution is 2.17. The fourth-order valence-electron chi connectivity index (χ4n) is 1.53. The van der Waals surface area contributed by atoms with Crippen LogP contribution in [0.2, 0.25) is 0 Å². The van der Waals surface area contributed by atoms with Crippen LogP contribution in [0.5, 0.6) is 0 Å². The molecular formula is C11H14N4O2S. The van der Waals surface area contributed by atoms with Crippen molar-refractivity contribution in [1.29, 1.82) is 0 Å². The van der Waals surface area contributed by atoms with Crippen molar-refractivity contribution in [3.63, 3.8) is 0 Å². The summed E-state index contributed by atoms with van der Waals surface area (Å²) < 4.78 is 28.2. The number of aryl methyl sites for hydroxylation is 2. The molecule has 0 spiro atoms.